The van der Waals surface area contributed by atoms with Crippen LogP contribution in [0.1, 0.15) is 63.0 Å². The molecule has 0 aliphatic rings. The Hall–Kier alpha value is -2.40. The lowest BCUT2D eigenvalue weighted by molar-refractivity contribution is -0.119. The Morgan fingerprint density at radius 2 is 1.52 bits per heavy atom. The normalized spacial score (nSPS) is 11.9. The van der Waals surface area contributed by atoms with Crippen molar-refractivity contribution in [3.63, 3.8) is 0 Å². The molecular formula is C23H27ClFNO3. The van der Waals surface area contributed by atoms with Crippen molar-refractivity contribution in [1.82, 2.24) is 0 Å². The molecule has 0 heterocycles. The van der Waals surface area contributed by atoms with E-state index in [1.807, 2.05) is 0 Å². The maximum Gasteiger partial charge on any atom is 0.338 e. The highest BCUT2D eigenvalue weighted by atomic mass is 35.5. The zero-order valence-corrected chi connectivity index (χ0v) is 18.4. The number of esters is 1. The van der Waals surface area contributed by atoms with Crippen LogP contribution in [0.5, 0.6) is 0 Å². The Balaban J connectivity index is 2.13. The summed E-state index contributed by atoms with van der Waals surface area (Å²) in [6, 6.07) is 9.52. The third-order valence-corrected chi connectivity index (χ3v) is 4.73. The van der Waals surface area contributed by atoms with E-state index in [2.05, 4.69) is 52.9 Å². The van der Waals surface area contributed by atoms with Gasteiger partial charge in [0.1, 0.15) is 5.82 Å². The van der Waals surface area contributed by atoms with Crippen LogP contribution < -0.4 is 5.32 Å². The number of nitrogens with one attached hydrogen (secondary N) is 1. The van der Waals surface area contributed by atoms with Gasteiger partial charge in [0, 0.05) is 5.69 Å². The van der Waals surface area contributed by atoms with Crippen molar-refractivity contribution in [2.75, 3.05) is 11.9 Å². The topological polar surface area (TPSA) is 55.4 Å². The van der Waals surface area contributed by atoms with E-state index in [-0.39, 0.29) is 15.9 Å². The predicted molar refractivity (Wildman–Crippen MR) is 114 cm³/mol. The first-order valence-corrected chi connectivity index (χ1v) is 9.73. The summed E-state index contributed by atoms with van der Waals surface area (Å²) in [5.74, 6) is -1.69. The molecule has 0 aromatic heterocycles. The molecular weight excluding hydrogens is 393 g/mol. The molecule has 4 nitrogen and oxygen atoms in total. The lowest BCUT2D eigenvalue weighted by Crippen LogP contribution is -2.22. The molecule has 0 radical (unpaired) electrons. The second-order valence-corrected chi connectivity index (χ2v) is 9.46. The number of rotatable bonds is 4. The van der Waals surface area contributed by atoms with Gasteiger partial charge in [-0.15, -0.1) is 0 Å². The van der Waals surface area contributed by atoms with Gasteiger partial charge in [-0.3, -0.25) is 4.79 Å². The van der Waals surface area contributed by atoms with Crippen LogP contribution >= 0.6 is 11.6 Å². The molecule has 2 aromatic carbocycles. The third kappa shape index (κ3) is 6.29. The number of halogens is 2. The molecule has 1 amide bonds. The number of benzene rings is 2. The zero-order chi connectivity index (χ0) is 22.0. The molecule has 1 N–H and O–H groups in total. The molecule has 0 spiro atoms. The molecule has 6 heteroatoms. The maximum atomic E-state index is 13.2. The third-order valence-electron chi connectivity index (χ3n) is 4.44. The van der Waals surface area contributed by atoms with Gasteiger partial charge in [-0.25, -0.2) is 9.18 Å². The SMILES string of the molecule is CC(C)(C)c1cc(C(=O)OCC(=O)Nc2ccc(F)c(Cl)c2)cc(C(C)(C)C)c1. The van der Waals surface area contributed by atoms with Crippen LogP contribution in [-0.2, 0) is 20.4 Å². The fraction of sp³-hybridized carbons (Fsp3) is 0.391. The Morgan fingerprint density at radius 3 is 2.00 bits per heavy atom. The number of hydrogen-bond acceptors (Lipinski definition) is 3. The molecule has 0 unspecified atom stereocenters. The van der Waals surface area contributed by atoms with Gasteiger partial charge in [-0.2, -0.15) is 0 Å². The van der Waals surface area contributed by atoms with Gasteiger partial charge in [0.15, 0.2) is 6.61 Å². The lowest BCUT2D eigenvalue weighted by atomic mass is 9.79. The van der Waals surface area contributed by atoms with Crippen LogP contribution in [0.25, 0.3) is 0 Å². The van der Waals surface area contributed by atoms with Crippen molar-refractivity contribution in [3.8, 4) is 0 Å². The number of anilines is 1. The molecule has 0 aliphatic heterocycles. The van der Waals surface area contributed by atoms with E-state index in [4.69, 9.17) is 16.3 Å². The second kappa shape index (κ2) is 8.54. The Morgan fingerprint density at radius 1 is 0.966 bits per heavy atom. The van der Waals surface area contributed by atoms with Crippen LogP contribution in [0.3, 0.4) is 0 Å². The van der Waals surface area contributed by atoms with Gasteiger partial charge >= 0.3 is 5.97 Å². The van der Waals surface area contributed by atoms with Crippen molar-refractivity contribution >= 4 is 29.2 Å². The van der Waals surface area contributed by atoms with E-state index >= 15 is 0 Å². The van der Waals surface area contributed by atoms with Gasteiger partial charge in [0.2, 0.25) is 0 Å². The van der Waals surface area contributed by atoms with Gasteiger partial charge in [0.25, 0.3) is 5.91 Å². The van der Waals surface area contributed by atoms with E-state index in [1.54, 1.807) is 12.1 Å². The van der Waals surface area contributed by atoms with Crippen LogP contribution in [0, 0.1) is 5.82 Å². The van der Waals surface area contributed by atoms with Crippen LogP contribution in [0.15, 0.2) is 36.4 Å². The van der Waals surface area contributed by atoms with Crippen molar-refractivity contribution in [2.24, 2.45) is 0 Å². The summed E-state index contributed by atoms with van der Waals surface area (Å²) in [5.41, 5.74) is 2.47. The number of carbonyl (C=O) groups is 2. The number of hydrogen-bond donors (Lipinski definition) is 1. The highest BCUT2D eigenvalue weighted by Gasteiger charge is 2.23. The van der Waals surface area contributed by atoms with Crippen molar-refractivity contribution in [1.29, 1.82) is 0 Å². The summed E-state index contributed by atoms with van der Waals surface area (Å²) < 4.78 is 18.4. The average Bonchev–Trinajstić information content (AvgIpc) is 2.61. The molecule has 0 fully saturated rings. The highest BCUT2D eigenvalue weighted by Crippen LogP contribution is 2.30. The minimum atomic E-state index is -0.579. The van der Waals surface area contributed by atoms with Crippen LogP contribution in [0.2, 0.25) is 5.02 Å². The largest absolute Gasteiger partial charge is 0.452 e. The quantitative estimate of drug-likeness (QED) is 0.630. The average molecular weight is 420 g/mol. The van der Waals surface area contributed by atoms with Crippen molar-refractivity contribution < 1.29 is 18.7 Å². The second-order valence-electron chi connectivity index (χ2n) is 9.05. The zero-order valence-electron chi connectivity index (χ0n) is 17.7. The van der Waals surface area contributed by atoms with E-state index in [9.17, 15) is 14.0 Å². The summed E-state index contributed by atoms with van der Waals surface area (Å²) in [4.78, 5) is 24.7. The monoisotopic (exact) mass is 419 g/mol. The summed E-state index contributed by atoms with van der Waals surface area (Å²) >= 11 is 5.70. The Labute approximate surface area is 176 Å². The minimum Gasteiger partial charge on any atom is -0.452 e. The van der Waals surface area contributed by atoms with Crippen LogP contribution in [0.4, 0.5) is 10.1 Å². The standard InChI is InChI=1S/C23H27ClFNO3/c1-22(2,3)15-9-14(10-16(11-15)23(4,5)6)21(28)29-13-20(27)26-17-7-8-19(25)18(24)12-17/h7-12H,13H2,1-6H3,(H,26,27). The summed E-state index contributed by atoms with van der Waals surface area (Å²) in [7, 11) is 0. The Kier molecular flexibility index (Phi) is 6.74. The van der Waals surface area contributed by atoms with Gasteiger partial charge in [-0.1, -0.05) is 59.2 Å². The van der Waals surface area contributed by atoms with Crippen molar-refractivity contribution in [3.05, 3.63) is 63.9 Å². The summed E-state index contributed by atoms with van der Waals surface area (Å²) in [6.45, 7) is 12.0. The molecule has 2 aromatic rings. The number of carbonyl (C=O) groups excluding carboxylic acids is 2. The molecule has 0 aliphatic carbocycles. The Bertz CT molecular complexity index is 894. The van der Waals surface area contributed by atoms with Gasteiger partial charge in [-0.05, 0) is 52.3 Å². The molecule has 156 valence electrons. The molecule has 0 bridgehead atoms. The van der Waals surface area contributed by atoms with Gasteiger partial charge < -0.3 is 10.1 Å². The maximum absolute atomic E-state index is 13.2. The number of amides is 1. The van der Waals surface area contributed by atoms with Crippen LogP contribution in [-0.4, -0.2) is 18.5 Å². The first-order valence-electron chi connectivity index (χ1n) is 9.35. The highest BCUT2D eigenvalue weighted by molar-refractivity contribution is 6.31. The van der Waals surface area contributed by atoms with E-state index < -0.39 is 24.3 Å². The van der Waals surface area contributed by atoms with Gasteiger partial charge in [0.05, 0.1) is 10.6 Å². The molecule has 0 saturated carbocycles. The van der Waals surface area contributed by atoms with E-state index in [0.29, 0.717) is 11.3 Å². The van der Waals surface area contributed by atoms with Crippen molar-refractivity contribution in [2.45, 2.75) is 52.4 Å². The molecule has 0 saturated heterocycles. The first-order chi connectivity index (χ1) is 13.3. The lowest BCUT2D eigenvalue weighted by Gasteiger charge is -2.25. The first kappa shape index (κ1) is 22.9. The minimum absolute atomic E-state index is 0.103. The molecule has 0 atom stereocenters. The fourth-order valence-electron chi connectivity index (χ4n) is 2.60. The van der Waals surface area contributed by atoms with E-state index in [0.717, 1.165) is 17.2 Å². The predicted octanol–water partition coefficient (Wildman–Crippen LogP) is 5.87. The molecule has 29 heavy (non-hydrogen) atoms. The summed E-state index contributed by atoms with van der Waals surface area (Å²) in [6.07, 6.45) is 0. The fourth-order valence-corrected chi connectivity index (χ4v) is 2.78. The smallest absolute Gasteiger partial charge is 0.338 e. The van der Waals surface area contributed by atoms with E-state index in [1.165, 1.54) is 12.1 Å². The summed E-state index contributed by atoms with van der Waals surface area (Å²) in [5, 5.41) is 2.42. The molecule has 2 rings (SSSR count). The number of ether oxygens (including phenoxy) is 1.